The van der Waals surface area contributed by atoms with Gasteiger partial charge in [0.05, 0.1) is 11.7 Å². The summed E-state index contributed by atoms with van der Waals surface area (Å²) in [7, 11) is 2.01. The van der Waals surface area contributed by atoms with Crippen molar-refractivity contribution in [1.82, 2.24) is 25.8 Å². The minimum atomic E-state index is 0.0670. The van der Waals surface area contributed by atoms with Crippen LogP contribution < -0.4 is 16.2 Å². The average molecular weight is 329 g/mol. The number of nitrogens with zero attached hydrogens (tertiary/aromatic N) is 1. The lowest BCUT2D eigenvalue weighted by Crippen LogP contribution is -2.22. The van der Waals surface area contributed by atoms with E-state index in [2.05, 4.69) is 25.8 Å². The third-order valence-electron chi connectivity index (χ3n) is 5.72. The van der Waals surface area contributed by atoms with Gasteiger partial charge in [-0.25, -0.2) is 0 Å². The molecule has 2 aromatic heterocycles. The lowest BCUT2D eigenvalue weighted by molar-refractivity contribution is 0.411. The Bertz CT molecular complexity index is 778. The van der Waals surface area contributed by atoms with Gasteiger partial charge in [-0.05, 0) is 76.6 Å². The Morgan fingerprint density at radius 3 is 2.92 bits per heavy atom. The van der Waals surface area contributed by atoms with Gasteiger partial charge in [0.1, 0.15) is 5.65 Å². The number of rotatable bonds is 5. The van der Waals surface area contributed by atoms with Gasteiger partial charge in [0.2, 0.25) is 0 Å². The zero-order valence-electron chi connectivity index (χ0n) is 14.4. The maximum Gasteiger partial charge on any atom is 0.253 e. The molecule has 4 N–H and O–H groups in total. The molecule has 0 amide bonds. The second-order valence-electron chi connectivity index (χ2n) is 7.20. The van der Waals surface area contributed by atoms with E-state index in [0.29, 0.717) is 12.0 Å². The largest absolute Gasteiger partial charge is 0.320 e. The Balaban J connectivity index is 1.73. The summed E-state index contributed by atoms with van der Waals surface area (Å²) in [5, 5.41) is 15.8. The van der Waals surface area contributed by atoms with E-state index < -0.39 is 0 Å². The first-order valence-corrected chi connectivity index (χ1v) is 9.29. The van der Waals surface area contributed by atoms with Crippen LogP contribution in [0.25, 0.3) is 11.0 Å². The van der Waals surface area contributed by atoms with Crippen LogP contribution in [0.1, 0.15) is 55.0 Å². The normalized spacial score (nSPS) is 23.7. The molecule has 1 fully saturated rings. The smallest absolute Gasteiger partial charge is 0.253 e. The van der Waals surface area contributed by atoms with Crippen molar-refractivity contribution in [3.63, 3.8) is 0 Å². The molecule has 0 spiro atoms. The van der Waals surface area contributed by atoms with Gasteiger partial charge in [-0.2, -0.15) is 5.10 Å². The quantitative estimate of drug-likeness (QED) is 0.630. The molecule has 6 heteroatoms. The summed E-state index contributed by atoms with van der Waals surface area (Å²) in [4.78, 5) is 15.3. The Kier molecular flexibility index (Phi) is 4.41. The molecule has 4 rings (SSSR count). The Morgan fingerprint density at radius 2 is 2.08 bits per heavy atom. The SMILES string of the molecule is CNCCCC1CCNC1c1n[nH]c2[nH]c(=O)c3c(c12)CCCC3. The number of pyridine rings is 1. The fourth-order valence-electron chi connectivity index (χ4n) is 4.53. The number of aryl methyl sites for hydroxylation is 1. The van der Waals surface area contributed by atoms with Gasteiger partial charge in [0.25, 0.3) is 5.56 Å². The summed E-state index contributed by atoms with van der Waals surface area (Å²) in [6.45, 7) is 2.11. The first-order valence-electron chi connectivity index (χ1n) is 9.29. The van der Waals surface area contributed by atoms with Crippen LogP contribution in [0.4, 0.5) is 0 Å². The molecule has 1 aliphatic carbocycles. The molecule has 2 aromatic rings. The molecule has 0 radical (unpaired) electrons. The molecule has 0 aromatic carbocycles. The highest BCUT2D eigenvalue weighted by Gasteiger charge is 2.32. The van der Waals surface area contributed by atoms with Crippen molar-refractivity contribution < 1.29 is 0 Å². The van der Waals surface area contributed by atoms with E-state index in [-0.39, 0.29) is 5.56 Å². The van der Waals surface area contributed by atoms with E-state index in [4.69, 9.17) is 0 Å². The zero-order valence-corrected chi connectivity index (χ0v) is 14.4. The van der Waals surface area contributed by atoms with E-state index in [9.17, 15) is 4.79 Å². The number of H-pyrrole nitrogens is 2. The maximum absolute atomic E-state index is 12.3. The van der Waals surface area contributed by atoms with Crippen molar-refractivity contribution in [3.05, 3.63) is 27.2 Å². The highest BCUT2D eigenvalue weighted by Crippen LogP contribution is 2.37. The van der Waals surface area contributed by atoms with Crippen molar-refractivity contribution >= 4 is 11.0 Å². The predicted octanol–water partition coefficient (Wildman–Crippen LogP) is 1.78. The standard InChI is InChI=1S/C18H27N5O/c1-19-9-4-5-11-8-10-20-15(11)16-14-12-6-2-3-7-13(12)18(24)21-17(14)23-22-16/h11,15,19-20H,2-10H2,1H3,(H2,21,22,23,24). The van der Waals surface area contributed by atoms with Crippen LogP contribution in [0, 0.1) is 5.92 Å². The van der Waals surface area contributed by atoms with Crippen LogP contribution in [-0.4, -0.2) is 35.3 Å². The minimum absolute atomic E-state index is 0.0670. The third kappa shape index (κ3) is 2.67. The first kappa shape index (κ1) is 15.8. The van der Waals surface area contributed by atoms with Gasteiger partial charge < -0.3 is 15.6 Å². The number of hydrogen-bond acceptors (Lipinski definition) is 4. The highest BCUT2D eigenvalue weighted by atomic mass is 16.1. The maximum atomic E-state index is 12.3. The van der Waals surface area contributed by atoms with Gasteiger partial charge in [-0.3, -0.25) is 9.89 Å². The minimum Gasteiger partial charge on any atom is -0.320 e. The molecule has 0 bridgehead atoms. The van der Waals surface area contributed by atoms with Crippen molar-refractivity contribution in [2.45, 2.75) is 51.0 Å². The van der Waals surface area contributed by atoms with E-state index in [1.807, 2.05) is 7.05 Å². The summed E-state index contributed by atoms with van der Waals surface area (Å²) in [5.41, 5.74) is 4.22. The summed E-state index contributed by atoms with van der Waals surface area (Å²) in [6.07, 6.45) is 7.78. The number of aromatic nitrogens is 3. The average Bonchev–Trinajstić information content (AvgIpc) is 3.22. The van der Waals surface area contributed by atoms with Crippen LogP contribution in [0.2, 0.25) is 0 Å². The second-order valence-corrected chi connectivity index (χ2v) is 7.20. The Morgan fingerprint density at radius 1 is 1.25 bits per heavy atom. The van der Waals surface area contributed by atoms with Gasteiger partial charge >= 0.3 is 0 Å². The highest BCUT2D eigenvalue weighted by molar-refractivity contribution is 5.83. The van der Waals surface area contributed by atoms with Crippen molar-refractivity contribution in [1.29, 1.82) is 0 Å². The summed E-state index contributed by atoms with van der Waals surface area (Å²) >= 11 is 0. The van der Waals surface area contributed by atoms with Gasteiger partial charge in [0.15, 0.2) is 0 Å². The van der Waals surface area contributed by atoms with Crippen LogP contribution in [0.3, 0.4) is 0 Å². The fraction of sp³-hybridized carbons (Fsp3) is 0.667. The van der Waals surface area contributed by atoms with Crippen LogP contribution in [-0.2, 0) is 12.8 Å². The third-order valence-corrected chi connectivity index (χ3v) is 5.72. The first-order chi connectivity index (χ1) is 11.8. The van der Waals surface area contributed by atoms with Crippen molar-refractivity contribution in [2.24, 2.45) is 5.92 Å². The molecule has 2 unspecified atom stereocenters. The lowest BCUT2D eigenvalue weighted by Gasteiger charge is -2.20. The van der Waals surface area contributed by atoms with Crippen LogP contribution in [0.5, 0.6) is 0 Å². The monoisotopic (exact) mass is 329 g/mol. The number of hydrogen-bond donors (Lipinski definition) is 4. The zero-order chi connectivity index (χ0) is 16.5. The van der Waals surface area contributed by atoms with E-state index >= 15 is 0 Å². The molecule has 1 saturated heterocycles. The van der Waals surface area contributed by atoms with Crippen LogP contribution in [0.15, 0.2) is 4.79 Å². The Labute approximate surface area is 141 Å². The summed E-state index contributed by atoms with van der Waals surface area (Å²) in [6, 6.07) is 0.299. The molecule has 2 aliphatic rings. The van der Waals surface area contributed by atoms with E-state index in [1.165, 1.54) is 36.6 Å². The molecule has 130 valence electrons. The predicted molar refractivity (Wildman–Crippen MR) is 95.4 cm³/mol. The molecular formula is C18H27N5O. The molecule has 2 atom stereocenters. The van der Waals surface area contributed by atoms with Gasteiger partial charge in [-0.1, -0.05) is 0 Å². The van der Waals surface area contributed by atoms with E-state index in [0.717, 1.165) is 49.3 Å². The molecule has 0 saturated carbocycles. The Hall–Kier alpha value is -1.66. The lowest BCUT2D eigenvalue weighted by atomic mass is 9.87. The van der Waals surface area contributed by atoms with Crippen molar-refractivity contribution in [2.75, 3.05) is 20.1 Å². The topological polar surface area (TPSA) is 85.6 Å². The fourth-order valence-corrected chi connectivity index (χ4v) is 4.53. The van der Waals surface area contributed by atoms with Gasteiger partial charge in [-0.15, -0.1) is 0 Å². The number of aromatic amines is 2. The van der Waals surface area contributed by atoms with E-state index in [1.54, 1.807) is 0 Å². The number of nitrogens with one attached hydrogen (secondary N) is 4. The second kappa shape index (κ2) is 6.69. The number of fused-ring (bicyclic) bond motifs is 3. The molecule has 24 heavy (non-hydrogen) atoms. The molecule has 1 aliphatic heterocycles. The van der Waals surface area contributed by atoms with Crippen molar-refractivity contribution in [3.8, 4) is 0 Å². The molecule has 6 nitrogen and oxygen atoms in total. The molecular weight excluding hydrogens is 302 g/mol. The summed E-state index contributed by atoms with van der Waals surface area (Å²) < 4.78 is 0. The molecule has 3 heterocycles. The van der Waals surface area contributed by atoms with Crippen LogP contribution >= 0.6 is 0 Å². The van der Waals surface area contributed by atoms with Gasteiger partial charge in [0, 0.05) is 10.9 Å². The summed E-state index contributed by atoms with van der Waals surface area (Å²) in [5.74, 6) is 0.621.